The van der Waals surface area contributed by atoms with Crippen LogP contribution in [0, 0.1) is 0 Å². The SMILES string of the molecule is COc1ccc(Cl)cc1NC1=C(Sc2ccc(Cl)cc2)C(=O)N(Cc2ccccc2)C1=O. The Hall–Kier alpha value is -2.93. The minimum atomic E-state index is -0.419. The van der Waals surface area contributed by atoms with E-state index in [1.807, 2.05) is 30.3 Å². The molecular weight excluding hydrogens is 467 g/mol. The van der Waals surface area contributed by atoms with Gasteiger partial charge in [0, 0.05) is 14.9 Å². The van der Waals surface area contributed by atoms with Crippen LogP contribution in [0.4, 0.5) is 5.69 Å². The van der Waals surface area contributed by atoms with E-state index in [1.165, 1.54) is 23.8 Å². The van der Waals surface area contributed by atoms with Crippen LogP contribution in [-0.2, 0) is 16.1 Å². The summed E-state index contributed by atoms with van der Waals surface area (Å²) in [6.07, 6.45) is 0. The van der Waals surface area contributed by atoms with Gasteiger partial charge in [-0.25, -0.2) is 0 Å². The van der Waals surface area contributed by atoms with Crippen molar-refractivity contribution in [3.05, 3.63) is 99.0 Å². The van der Waals surface area contributed by atoms with E-state index in [0.717, 1.165) is 10.5 Å². The lowest BCUT2D eigenvalue weighted by atomic mass is 10.2. The Labute approximate surface area is 200 Å². The second-order valence-corrected chi connectivity index (χ2v) is 8.87. The molecular formula is C24H18Cl2N2O3S. The Morgan fingerprint density at radius 1 is 0.906 bits per heavy atom. The van der Waals surface area contributed by atoms with Gasteiger partial charge in [0.05, 0.1) is 19.3 Å². The summed E-state index contributed by atoms with van der Waals surface area (Å²) in [5.74, 6) is -0.292. The molecule has 5 nitrogen and oxygen atoms in total. The number of nitrogens with zero attached hydrogens (tertiary/aromatic N) is 1. The van der Waals surface area contributed by atoms with Gasteiger partial charge in [0.25, 0.3) is 11.8 Å². The van der Waals surface area contributed by atoms with Crippen molar-refractivity contribution in [2.75, 3.05) is 12.4 Å². The molecule has 0 saturated heterocycles. The van der Waals surface area contributed by atoms with Crippen molar-refractivity contribution in [2.24, 2.45) is 0 Å². The van der Waals surface area contributed by atoms with Crippen LogP contribution in [0.5, 0.6) is 5.75 Å². The van der Waals surface area contributed by atoms with E-state index in [0.29, 0.717) is 21.5 Å². The molecule has 32 heavy (non-hydrogen) atoms. The molecule has 1 aliphatic rings. The number of thioether (sulfide) groups is 1. The van der Waals surface area contributed by atoms with Crippen molar-refractivity contribution in [3.8, 4) is 5.75 Å². The van der Waals surface area contributed by atoms with E-state index in [4.69, 9.17) is 27.9 Å². The molecule has 1 N–H and O–H groups in total. The van der Waals surface area contributed by atoms with Crippen molar-refractivity contribution in [3.63, 3.8) is 0 Å². The highest BCUT2D eigenvalue weighted by Gasteiger charge is 2.39. The highest BCUT2D eigenvalue weighted by molar-refractivity contribution is 8.04. The maximum Gasteiger partial charge on any atom is 0.278 e. The summed E-state index contributed by atoms with van der Waals surface area (Å²) in [6.45, 7) is 0.168. The van der Waals surface area contributed by atoms with Crippen LogP contribution in [0.2, 0.25) is 10.0 Å². The second kappa shape index (κ2) is 9.69. The molecule has 0 spiro atoms. The van der Waals surface area contributed by atoms with Gasteiger partial charge >= 0.3 is 0 Å². The molecule has 0 atom stereocenters. The molecule has 1 heterocycles. The molecule has 0 bridgehead atoms. The third-order valence-corrected chi connectivity index (χ3v) is 6.34. The van der Waals surface area contributed by atoms with Crippen LogP contribution in [0.1, 0.15) is 5.56 Å². The number of nitrogens with one attached hydrogen (secondary N) is 1. The molecule has 8 heteroatoms. The maximum atomic E-state index is 13.3. The summed E-state index contributed by atoms with van der Waals surface area (Å²) in [5.41, 5.74) is 1.52. The van der Waals surface area contributed by atoms with Gasteiger partial charge in [0.2, 0.25) is 0 Å². The molecule has 0 radical (unpaired) electrons. The third-order valence-electron chi connectivity index (χ3n) is 4.76. The molecule has 2 amide bonds. The summed E-state index contributed by atoms with van der Waals surface area (Å²) >= 11 is 13.3. The lowest BCUT2D eigenvalue weighted by Gasteiger charge is -2.16. The third kappa shape index (κ3) is 4.78. The van der Waals surface area contributed by atoms with Gasteiger partial charge in [-0.05, 0) is 48.0 Å². The highest BCUT2D eigenvalue weighted by atomic mass is 35.5. The molecule has 3 aromatic rings. The van der Waals surface area contributed by atoms with Gasteiger partial charge < -0.3 is 10.1 Å². The van der Waals surface area contributed by atoms with Crippen LogP contribution < -0.4 is 10.1 Å². The first kappa shape index (κ1) is 22.3. The Morgan fingerprint density at radius 3 is 2.28 bits per heavy atom. The number of imide groups is 1. The number of rotatable bonds is 7. The number of ether oxygens (including phenoxy) is 1. The number of benzene rings is 3. The van der Waals surface area contributed by atoms with Crippen molar-refractivity contribution in [1.29, 1.82) is 0 Å². The Bertz CT molecular complexity index is 1200. The number of methoxy groups -OCH3 is 1. The predicted octanol–water partition coefficient (Wildman–Crippen LogP) is 5.99. The van der Waals surface area contributed by atoms with Crippen LogP contribution in [0.3, 0.4) is 0 Å². The first-order chi connectivity index (χ1) is 15.5. The minimum absolute atomic E-state index is 0.168. The summed E-state index contributed by atoms with van der Waals surface area (Å²) in [4.78, 5) is 29.0. The van der Waals surface area contributed by atoms with Crippen LogP contribution in [-0.4, -0.2) is 23.8 Å². The molecule has 162 valence electrons. The van der Waals surface area contributed by atoms with Gasteiger partial charge in [-0.15, -0.1) is 0 Å². The quantitative estimate of drug-likeness (QED) is 0.417. The second-order valence-electron chi connectivity index (χ2n) is 6.91. The van der Waals surface area contributed by atoms with E-state index in [-0.39, 0.29) is 23.1 Å². The summed E-state index contributed by atoms with van der Waals surface area (Å²) in [5, 5.41) is 4.15. The maximum absolute atomic E-state index is 13.3. The Balaban J connectivity index is 1.72. The zero-order chi connectivity index (χ0) is 22.7. The van der Waals surface area contributed by atoms with E-state index in [2.05, 4.69) is 5.32 Å². The van der Waals surface area contributed by atoms with Crippen molar-refractivity contribution in [1.82, 2.24) is 4.90 Å². The molecule has 1 aliphatic heterocycles. The fraction of sp³-hybridized carbons (Fsp3) is 0.0833. The number of hydrogen-bond acceptors (Lipinski definition) is 5. The van der Waals surface area contributed by atoms with Gasteiger partial charge in [0.1, 0.15) is 16.4 Å². The number of carbonyl (C=O) groups excluding carboxylic acids is 2. The van der Waals surface area contributed by atoms with Gasteiger partial charge in [-0.2, -0.15) is 0 Å². The summed E-state index contributed by atoms with van der Waals surface area (Å²) in [7, 11) is 1.52. The minimum Gasteiger partial charge on any atom is -0.495 e. The van der Waals surface area contributed by atoms with Crippen molar-refractivity contribution >= 4 is 52.5 Å². The number of carbonyl (C=O) groups is 2. The van der Waals surface area contributed by atoms with E-state index in [9.17, 15) is 9.59 Å². The molecule has 3 aromatic carbocycles. The normalized spacial score (nSPS) is 13.7. The smallest absolute Gasteiger partial charge is 0.278 e. The van der Waals surface area contributed by atoms with Crippen molar-refractivity contribution in [2.45, 2.75) is 11.4 Å². The fourth-order valence-corrected chi connectivity index (χ4v) is 4.45. The molecule has 4 rings (SSSR count). The zero-order valence-corrected chi connectivity index (χ0v) is 19.3. The summed E-state index contributed by atoms with van der Waals surface area (Å²) < 4.78 is 5.39. The lowest BCUT2D eigenvalue weighted by molar-refractivity contribution is -0.137. The average molecular weight is 485 g/mol. The monoisotopic (exact) mass is 484 g/mol. The Morgan fingerprint density at radius 2 is 1.59 bits per heavy atom. The first-order valence-corrected chi connectivity index (χ1v) is 11.2. The number of hydrogen-bond donors (Lipinski definition) is 1. The first-order valence-electron chi connectivity index (χ1n) is 9.64. The summed E-state index contributed by atoms with van der Waals surface area (Å²) in [6, 6.07) is 21.5. The Kier molecular flexibility index (Phi) is 6.74. The number of amides is 2. The van der Waals surface area contributed by atoms with Crippen LogP contribution in [0.15, 0.2) is 88.3 Å². The van der Waals surface area contributed by atoms with E-state index >= 15 is 0 Å². The van der Waals surface area contributed by atoms with Crippen molar-refractivity contribution < 1.29 is 14.3 Å². The zero-order valence-electron chi connectivity index (χ0n) is 17.0. The standard InChI is InChI=1S/C24H18Cl2N2O3S/c1-31-20-12-9-17(26)13-19(20)27-21-22(32-18-10-7-16(25)8-11-18)24(30)28(23(21)29)14-15-5-3-2-4-6-15/h2-13,27H,14H2,1H3. The van der Waals surface area contributed by atoms with Gasteiger partial charge in [-0.3, -0.25) is 14.5 Å². The van der Waals surface area contributed by atoms with Crippen LogP contribution >= 0.6 is 35.0 Å². The lowest BCUT2D eigenvalue weighted by Crippen LogP contribution is -2.31. The average Bonchev–Trinajstić information content (AvgIpc) is 3.00. The highest BCUT2D eigenvalue weighted by Crippen LogP contribution is 2.38. The molecule has 0 aromatic heterocycles. The van der Waals surface area contributed by atoms with Crippen LogP contribution in [0.25, 0.3) is 0 Å². The largest absolute Gasteiger partial charge is 0.495 e. The topological polar surface area (TPSA) is 58.6 Å². The van der Waals surface area contributed by atoms with Gasteiger partial charge in [0.15, 0.2) is 0 Å². The number of anilines is 1. The molecule has 0 fully saturated rings. The number of halogens is 2. The van der Waals surface area contributed by atoms with Gasteiger partial charge in [-0.1, -0.05) is 65.3 Å². The van der Waals surface area contributed by atoms with E-state index < -0.39 is 5.91 Å². The molecule has 0 aliphatic carbocycles. The predicted molar refractivity (Wildman–Crippen MR) is 128 cm³/mol. The molecule has 0 saturated carbocycles. The molecule has 0 unspecified atom stereocenters. The fourth-order valence-electron chi connectivity index (χ4n) is 3.20. The van der Waals surface area contributed by atoms with E-state index in [1.54, 1.807) is 42.5 Å².